The van der Waals surface area contributed by atoms with Crippen molar-refractivity contribution in [3.63, 3.8) is 0 Å². The van der Waals surface area contributed by atoms with E-state index in [1.807, 2.05) is 12.1 Å². The second-order valence-corrected chi connectivity index (χ2v) is 7.44. The maximum Gasteiger partial charge on any atom is 0.123 e. The lowest BCUT2D eigenvalue weighted by atomic mass is 9.77. The van der Waals surface area contributed by atoms with Crippen LogP contribution in [-0.4, -0.2) is 40.9 Å². The molecule has 0 aliphatic carbocycles. The Balaban J connectivity index is 1.50. The van der Waals surface area contributed by atoms with E-state index in [0.29, 0.717) is 32.5 Å². The molecule has 0 spiro atoms. The third-order valence-corrected chi connectivity index (χ3v) is 5.42. The first-order valence-corrected chi connectivity index (χ1v) is 8.96. The smallest absolute Gasteiger partial charge is 0.123 e. The summed E-state index contributed by atoms with van der Waals surface area (Å²) >= 11 is 0. The van der Waals surface area contributed by atoms with Crippen LogP contribution in [0.2, 0.25) is 0 Å². The van der Waals surface area contributed by atoms with Gasteiger partial charge in [-0.15, -0.1) is 0 Å². The van der Waals surface area contributed by atoms with Gasteiger partial charge in [0.1, 0.15) is 5.82 Å². The van der Waals surface area contributed by atoms with Gasteiger partial charge in [0.2, 0.25) is 0 Å². The molecule has 1 N–H and O–H groups in total. The highest BCUT2D eigenvalue weighted by Gasteiger charge is 2.45. The van der Waals surface area contributed by atoms with E-state index in [1.54, 1.807) is 6.07 Å². The first-order valence-electron chi connectivity index (χ1n) is 8.96. The van der Waals surface area contributed by atoms with Gasteiger partial charge >= 0.3 is 0 Å². The van der Waals surface area contributed by atoms with Crippen LogP contribution in [0.5, 0.6) is 0 Å². The maximum atomic E-state index is 13.5. The Bertz CT molecular complexity index is 707. The van der Waals surface area contributed by atoms with Gasteiger partial charge in [0.25, 0.3) is 0 Å². The van der Waals surface area contributed by atoms with Crippen molar-refractivity contribution in [3.05, 3.63) is 71.5 Å². The van der Waals surface area contributed by atoms with Gasteiger partial charge in [-0.2, -0.15) is 0 Å². The molecule has 2 unspecified atom stereocenters. The number of hydrogen-bond acceptors (Lipinski definition) is 3. The third-order valence-electron chi connectivity index (χ3n) is 5.42. The molecule has 0 aromatic heterocycles. The number of halogens is 1. The summed E-state index contributed by atoms with van der Waals surface area (Å²) in [5, 5.41) is 11.2. The molecule has 4 heteroatoms. The number of piperidine rings is 1. The number of nitrogens with zero attached hydrogens (tertiary/aromatic N) is 1. The second kappa shape index (κ2) is 6.87. The molecule has 2 aliphatic heterocycles. The van der Waals surface area contributed by atoms with Crippen molar-refractivity contribution in [2.24, 2.45) is 0 Å². The minimum Gasteiger partial charge on any atom is -0.389 e. The Kier molecular flexibility index (Phi) is 4.59. The molecule has 25 heavy (non-hydrogen) atoms. The van der Waals surface area contributed by atoms with E-state index in [9.17, 15) is 9.50 Å². The fourth-order valence-corrected chi connectivity index (χ4v) is 4.37. The first-order chi connectivity index (χ1) is 12.1. The minimum absolute atomic E-state index is 0.200. The van der Waals surface area contributed by atoms with Crippen LogP contribution in [0, 0.1) is 5.82 Å². The van der Waals surface area contributed by atoms with Crippen molar-refractivity contribution in [2.45, 2.75) is 43.5 Å². The van der Waals surface area contributed by atoms with E-state index >= 15 is 0 Å². The van der Waals surface area contributed by atoms with Crippen LogP contribution < -0.4 is 0 Å². The monoisotopic (exact) mass is 341 g/mol. The Hall–Kier alpha value is -1.75. The Morgan fingerprint density at radius 1 is 1.00 bits per heavy atom. The number of rotatable bonds is 4. The Labute approximate surface area is 148 Å². The summed E-state index contributed by atoms with van der Waals surface area (Å²) in [7, 11) is 0. The van der Waals surface area contributed by atoms with E-state index in [0.717, 1.165) is 12.1 Å². The molecule has 0 amide bonds. The van der Waals surface area contributed by atoms with Crippen LogP contribution in [0.25, 0.3) is 0 Å². The van der Waals surface area contributed by atoms with E-state index < -0.39 is 5.60 Å². The van der Waals surface area contributed by atoms with Gasteiger partial charge in [-0.05, 0) is 36.1 Å². The van der Waals surface area contributed by atoms with Gasteiger partial charge in [-0.1, -0.05) is 42.5 Å². The van der Waals surface area contributed by atoms with Crippen molar-refractivity contribution in [1.82, 2.24) is 4.90 Å². The number of ether oxygens (including phenoxy) is 1. The molecule has 2 aromatic carbocycles. The molecule has 3 nitrogen and oxygen atoms in total. The van der Waals surface area contributed by atoms with Crippen LogP contribution in [0.15, 0.2) is 54.6 Å². The van der Waals surface area contributed by atoms with Gasteiger partial charge in [0.15, 0.2) is 0 Å². The quantitative estimate of drug-likeness (QED) is 0.927. The molecule has 4 rings (SSSR count). The topological polar surface area (TPSA) is 32.7 Å². The molecule has 0 saturated carbocycles. The fourth-order valence-electron chi connectivity index (χ4n) is 4.37. The molecule has 2 bridgehead atoms. The van der Waals surface area contributed by atoms with Gasteiger partial charge in [0.05, 0.1) is 18.8 Å². The zero-order valence-corrected chi connectivity index (χ0v) is 14.3. The standard InChI is InChI=1S/C21H24FNO2/c22-18-8-4-7-17(9-18)10-21(24)11-19-14-25-15-20(12-21)23(19)13-16-5-2-1-3-6-16/h1-9,19-20,24H,10-15H2. The summed E-state index contributed by atoms with van der Waals surface area (Å²) in [6.07, 6.45) is 1.82. The molecular weight excluding hydrogens is 317 g/mol. The van der Waals surface area contributed by atoms with Crippen LogP contribution in [-0.2, 0) is 17.7 Å². The molecule has 2 heterocycles. The Morgan fingerprint density at radius 2 is 1.68 bits per heavy atom. The van der Waals surface area contributed by atoms with Crippen LogP contribution in [0.1, 0.15) is 24.0 Å². The predicted octanol–water partition coefficient (Wildman–Crippen LogP) is 3.16. The van der Waals surface area contributed by atoms with Crippen LogP contribution in [0.3, 0.4) is 0 Å². The maximum absolute atomic E-state index is 13.5. The summed E-state index contributed by atoms with van der Waals surface area (Å²) in [5.41, 5.74) is 1.35. The number of aliphatic hydroxyl groups is 1. The van der Waals surface area contributed by atoms with E-state index in [2.05, 4.69) is 29.2 Å². The minimum atomic E-state index is -0.792. The van der Waals surface area contributed by atoms with Gasteiger partial charge in [0, 0.05) is 25.0 Å². The lowest BCUT2D eigenvalue weighted by Crippen LogP contribution is -2.61. The van der Waals surface area contributed by atoms with Crippen molar-refractivity contribution >= 4 is 0 Å². The zero-order valence-electron chi connectivity index (χ0n) is 14.3. The van der Waals surface area contributed by atoms with Gasteiger partial charge < -0.3 is 9.84 Å². The lowest BCUT2D eigenvalue weighted by Gasteiger charge is -2.52. The molecule has 0 radical (unpaired) electrons. The summed E-state index contributed by atoms with van der Waals surface area (Å²) < 4.78 is 19.2. The van der Waals surface area contributed by atoms with E-state index in [4.69, 9.17) is 4.74 Å². The zero-order chi connectivity index (χ0) is 17.3. The first kappa shape index (κ1) is 16.7. The fraction of sp³-hybridized carbons (Fsp3) is 0.429. The highest BCUT2D eigenvalue weighted by atomic mass is 19.1. The van der Waals surface area contributed by atoms with Crippen LogP contribution in [0.4, 0.5) is 4.39 Å². The van der Waals surface area contributed by atoms with Crippen molar-refractivity contribution in [2.75, 3.05) is 13.2 Å². The van der Waals surface area contributed by atoms with Gasteiger partial charge in [-0.25, -0.2) is 4.39 Å². The average molecular weight is 341 g/mol. The summed E-state index contributed by atoms with van der Waals surface area (Å²) in [5.74, 6) is -0.244. The number of hydrogen-bond donors (Lipinski definition) is 1. The number of fused-ring (bicyclic) bond motifs is 2. The number of benzene rings is 2. The van der Waals surface area contributed by atoms with Crippen LogP contribution >= 0.6 is 0 Å². The highest BCUT2D eigenvalue weighted by molar-refractivity contribution is 5.20. The van der Waals surface area contributed by atoms with E-state index in [1.165, 1.54) is 17.7 Å². The molecule has 2 fully saturated rings. The molecule has 132 valence electrons. The summed E-state index contributed by atoms with van der Waals surface area (Å²) in [6, 6.07) is 17.4. The SMILES string of the molecule is OC1(Cc2cccc(F)c2)CC2COCC(C1)N2Cc1ccccc1. The van der Waals surface area contributed by atoms with E-state index in [-0.39, 0.29) is 17.9 Å². The normalized spacial score (nSPS) is 29.5. The number of morpholine rings is 1. The highest BCUT2D eigenvalue weighted by Crippen LogP contribution is 2.37. The van der Waals surface area contributed by atoms with Crippen molar-refractivity contribution in [1.29, 1.82) is 0 Å². The molecule has 2 atom stereocenters. The predicted molar refractivity (Wildman–Crippen MR) is 94.7 cm³/mol. The summed E-state index contributed by atoms with van der Waals surface area (Å²) in [4.78, 5) is 2.47. The molecule has 2 saturated heterocycles. The molecule has 2 aliphatic rings. The third kappa shape index (κ3) is 3.76. The molecule has 2 aromatic rings. The largest absolute Gasteiger partial charge is 0.389 e. The second-order valence-electron chi connectivity index (χ2n) is 7.44. The Morgan fingerprint density at radius 3 is 2.36 bits per heavy atom. The average Bonchev–Trinajstić information content (AvgIpc) is 2.57. The summed E-state index contributed by atoms with van der Waals surface area (Å²) in [6.45, 7) is 2.18. The lowest BCUT2D eigenvalue weighted by molar-refractivity contribution is -0.145. The molecular formula is C21H24FNO2. The van der Waals surface area contributed by atoms with Gasteiger partial charge in [-0.3, -0.25) is 4.90 Å². The van der Waals surface area contributed by atoms with Crippen molar-refractivity contribution < 1.29 is 14.2 Å². The van der Waals surface area contributed by atoms with Crippen molar-refractivity contribution in [3.8, 4) is 0 Å².